The fourth-order valence-electron chi connectivity index (χ4n) is 2.49. The molecular weight excluding hydrogens is 529 g/mol. The first kappa shape index (κ1) is 26.8. The number of nitrogens with one attached hydrogen (secondary N) is 1. The first-order valence-electron chi connectivity index (χ1n) is 9.45. The number of benzene rings is 3. The Labute approximate surface area is 198 Å². The predicted octanol–water partition coefficient (Wildman–Crippen LogP) is 1.48. The molecule has 1 unspecified atom stereocenters. The van der Waals surface area contributed by atoms with Gasteiger partial charge in [-0.25, -0.2) is 0 Å². The smallest absolute Gasteiger partial charge is 0.248 e. The number of nitrogen functional groups attached to an aromatic ring is 1. The van der Waals surface area contributed by atoms with Crippen LogP contribution in [0.1, 0.15) is 17.3 Å². The van der Waals surface area contributed by atoms with Crippen LogP contribution in [0.3, 0.4) is 0 Å². The van der Waals surface area contributed by atoms with Crippen LogP contribution in [0, 0.1) is 0 Å². The fraction of sp³-hybridized carbons (Fsp3) is 0.0476. The molecule has 13 heteroatoms. The summed E-state index contributed by atoms with van der Waals surface area (Å²) in [7, 11) is -4.40. The number of amides is 2. The van der Waals surface area contributed by atoms with Crippen molar-refractivity contribution in [3.8, 4) is 0 Å². The van der Waals surface area contributed by atoms with E-state index in [-0.39, 0.29) is 15.2 Å². The van der Waals surface area contributed by atoms with Crippen molar-refractivity contribution in [2.24, 2.45) is 5.73 Å². The van der Waals surface area contributed by atoms with Crippen molar-refractivity contribution < 1.29 is 34.1 Å². The predicted molar refractivity (Wildman–Crippen MR) is 125 cm³/mol. The SMILES string of the molecule is CC(=O)Nc1ccc([As](=O)(OO)OS(=O)(=O)c2ccccc2)cc1.NC(=O)c1cccc(N)c1. The van der Waals surface area contributed by atoms with Gasteiger partial charge in [0, 0.05) is 11.3 Å². The maximum atomic E-state index is 12.6. The van der Waals surface area contributed by atoms with Crippen LogP contribution in [-0.4, -0.2) is 39.7 Å². The van der Waals surface area contributed by atoms with E-state index in [4.69, 9.17) is 19.9 Å². The molecule has 0 spiro atoms. The van der Waals surface area contributed by atoms with Crippen molar-refractivity contribution in [1.82, 2.24) is 0 Å². The molecule has 0 fully saturated rings. The first-order chi connectivity index (χ1) is 16.0. The van der Waals surface area contributed by atoms with Crippen LogP contribution >= 0.6 is 0 Å². The maximum absolute atomic E-state index is 12.6. The summed E-state index contributed by atoms with van der Waals surface area (Å²) in [6, 6.07) is 18.8. The minimum Gasteiger partial charge on any atom is -0.399 e. The van der Waals surface area contributed by atoms with Gasteiger partial charge in [-0.3, -0.25) is 4.79 Å². The molecule has 1 atom stereocenters. The van der Waals surface area contributed by atoms with E-state index in [1.54, 1.807) is 30.3 Å². The molecule has 3 rings (SSSR count). The summed E-state index contributed by atoms with van der Waals surface area (Å²) >= 11 is -5.28. The Morgan fingerprint density at radius 2 is 1.59 bits per heavy atom. The zero-order chi connectivity index (χ0) is 25.4. The third-order valence-electron chi connectivity index (χ3n) is 4.01. The minimum atomic E-state index is -5.28. The Morgan fingerprint density at radius 1 is 0.971 bits per heavy atom. The summed E-state index contributed by atoms with van der Waals surface area (Å²) in [5, 5.41) is 11.5. The van der Waals surface area contributed by atoms with Gasteiger partial charge in [0.15, 0.2) is 0 Å². The molecule has 0 aliphatic carbocycles. The van der Waals surface area contributed by atoms with Crippen LogP contribution in [0.2, 0.25) is 0 Å². The van der Waals surface area contributed by atoms with Gasteiger partial charge >= 0.3 is 141 Å². The fourth-order valence-corrected chi connectivity index (χ4v) is 7.59. The molecule has 0 aliphatic rings. The molecule has 2 amide bonds. The number of carbonyl (C=O) groups excluding carboxylic acids is 2. The van der Waals surface area contributed by atoms with Crippen molar-refractivity contribution in [3.05, 3.63) is 84.4 Å². The number of rotatable bonds is 7. The molecular formula is C21H22AsN3O8S. The van der Waals surface area contributed by atoms with Gasteiger partial charge in [-0.2, -0.15) is 0 Å². The number of carbonyl (C=O) groups is 2. The largest absolute Gasteiger partial charge is 0.399 e. The number of hydrogen-bond acceptors (Lipinski definition) is 9. The topological polar surface area (TPSA) is 188 Å². The third-order valence-corrected chi connectivity index (χ3v) is 10.1. The molecule has 0 radical (unpaired) electrons. The summed E-state index contributed by atoms with van der Waals surface area (Å²) in [5.74, 6) is -0.759. The van der Waals surface area contributed by atoms with Gasteiger partial charge in [0.25, 0.3) is 0 Å². The van der Waals surface area contributed by atoms with Crippen LogP contribution in [0.5, 0.6) is 0 Å². The molecule has 0 aromatic heterocycles. The molecule has 34 heavy (non-hydrogen) atoms. The van der Waals surface area contributed by atoms with E-state index >= 15 is 0 Å². The third kappa shape index (κ3) is 7.58. The van der Waals surface area contributed by atoms with Crippen LogP contribution in [0.25, 0.3) is 0 Å². The van der Waals surface area contributed by atoms with E-state index < -0.39 is 30.2 Å². The molecule has 0 aliphatic heterocycles. The molecule has 0 saturated carbocycles. The van der Waals surface area contributed by atoms with Gasteiger partial charge in [-0.15, -0.1) is 0 Å². The van der Waals surface area contributed by atoms with Crippen molar-refractivity contribution in [2.45, 2.75) is 11.8 Å². The summed E-state index contributed by atoms with van der Waals surface area (Å²) in [6.07, 6.45) is 0. The van der Waals surface area contributed by atoms with Gasteiger partial charge < -0.3 is 11.5 Å². The standard InChI is InChI=1S/C14H14AsNO7S.C7H8N2O/c1-11(17)16-13-9-7-12(8-10-13)15(18,22-19)23-24(20,21)14-5-3-2-4-6-14;8-6-3-1-2-5(4-6)7(9)10/h2-10,19H,1H3,(H,16,17);1-4H,8H2,(H2,9,10). The van der Waals surface area contributed by atoms with Crippen molar-refractivity contribution in [1.29, 1.82) is 0 Å². The van der Waals surface area contributed by atoms with Crippen LogP contribution < -0.4 is 21.1 Å². The first-order valence-corrected chi connectivity index (χ1v) is 14.1. The van der Waals surface area contributed by atoms with E-state index in [0.717, 1.165) is 0 Å². The second-order valence-electron chi connectivity index (χ2n) is 6.64. The van der Waals surface area contributed by atoms with Crippen LogP contribution in [0.15, 0.2) is 83.8 Å². The molecule has 180 valence electrons. The van der Waals surface area contributed by atoms with E-state index in [1.807, 2.05) is 0 Å². The quantitative estimate of drug-likeness (QED) is 0.146. The van der Waals surface area contributed by atoms with E-state index in [0.29, 0.717) is 16.9 Å². The van der Waals surface area contributed by atoms with E-state index in [1.165, 1.54) is 55.5 Å². The van der Waals surface area contributed by atoms with Crippen LogP contribution in [0.4, 0.5) is 11.4 Å². The number of primary amides is 1. The van der Waals surface area contributed by atoms with Gasteiger partial charge in [0.2, 0.25) is 5.91 Å². The summed E-state index contributed by atoms with van der Waals surface area (Å²) in [5.41, 5.74) is 11.8. The van der Waals surface area contributed by atoms with E-state index in [2.05, 4.69) is 9.19 Å². The van der Waals surface area contributed by atoms with Crippen molar-refractivity contribution >= 4 is 51.8 Å². The summed E-state index contributed by atoms with van der Waals surface area (Å²) in [4.78, 5) is 21.3. The Balaban J connectivity index is 0.000000340. The van der Waals surface area contributed by atoms with Crippen LogP contribution in [-0.2, 0) is 25.7 Å². The van der Waals surface area contributed by atoms with Gasteiger partial charge in [0.1, 0.15) is 0 Å². The zero-order valence-electron chi connectivity index (χ0n) is 17.8. The van der Waals surface area contributed by atoms with Gasteiger partial charge in [-0.1, -0.05) is 6.07 Å². The monoisotopic (exact) mass is 551 g/mol. The Morgan fingerprint density at radius 3 is 2.06 bits per heavy atom. The molecule has 11 nitrogen and oxygen atoms in total. The molecule has 0 heterocycles. The van der Waals surface area contributed by atoms with Crippen molar-refractivity contribution in [3.63, 3.8) is 0 Å². The minimum absolute atomic E-state index is 0.135. The molecule has 0 saturated heterocycles. The van der Waals surface area contributed by atoms with Gasteiger partial charge in [-0.05, 0) is 18.2 Å². The molecule has 3 aromatic carbocycles. The normalized spacial score (nSPS) is 12.5. The molecule has 3 aromatic rings. The van der Waals surface area contributed by atoms with Crippen molar-refractivity contribution in [2.75, 3.05) is 11.1 Å². The summed E-state index contributed by atoms with van der Waals surface area (Å²) in [6.45, 7) is 1.31. The second-order valence-corrected chi connectivity index (χ2v) is 12.6. The maximum Gasteiger partial charge on any atom is 0.248 e. The molecule has 6 N–H and O–H groups in total. The Hall–Kier alpha value is -3.41. The second kappa shape index (κ2) is 11.6. The Kier molecular flexibility index (Phi) is 9.18. The number of hydrogen-bond donors (Lipinski definition) is 4. The zero-order valence-corrected chi connectivity index (χ0v) is 20.5. The van der Waals surface area contributed by atoms with E-state index in [9.17, 15) is 21.7 Å². The average molecular weight is 551 g/mol. The molecule has 0 bridgehead atoms. The Bertz CT molecular complexity index is 1300. The van der Waals surface area contributed by atoms with Gasteiger partial charge in [0.05, 0.1) is 0 Å². The number of nitrogens with two attached hydrogens (primary N) is 2. The average Bonchev–Trinajstić information content (AvgIpc) is 2.80. The number of anilines is 2. The summed E-state index contributed by atoms with van der Waals surface area (Å²) < 4.78 is 45.4.